The highest BCUT2D eigenvalue weighted by atomic mass is 16.1. The second-order valence-electron chi connectivity index (χ2n) is 7.60. The molecule has 1 amide bonds. The summed E-state index contributed by atoms with van der Waals surface area (Å²) in [6.07, 6.45) is 3.77. The number of anilines is 2. The van der Waals surface area contributed by atoms with E-state index >= 15 is 0 Å². The first-order valence-electron chi connectivity index (χ1n) is 10.7. The first kappa shape index (κ1) is 21.8. The number of carbonyl (C=O) groups excluding carboxylic acids is 1. The van der Waals surface area contributed by atoms with Crippen LogP contribution in [0, 0.1) is 11.3 Å². The SMILES string of the molecule is CC[C@@H](Nc1c(C#N)c(-c2ccc(-c3ccccc3NC)cc2)nc2cnccc12)C(N)=O. The van der Waals surface area contributed by atoms with Crippen LogP contribution in [0.1, 0.15) is 18.9 Å². The number of pyridine rings is 2. The van der Waals surface area contributed by atoms with E-state index in [1.807, 2.05) is 56.4 Å². The number of nitrogens with one attached hydrogen (secondary N) is 2. The molecule has 0 bridgehead atoms. The fourth-order valence-electron chi connectivity index (χ4n) is 3.89. The molecular weight excluding hydrogens is 412 g/mol. The summed E-state index contributed by atoms with van der Waals surface area (Å²) in [7, 11) is 1.89. The second-order valence-corrected chi connectivity index (χ2v) is 7.60. The van der Waals surface area contributed by atoms with Crippen LogP contribution < -0.4 is 16.4 Å². The predicted molar refractivity (Wildman–Crippen MR) is 132 cm³/mol. The molecule has 2 aromatic heterocycles. The molecule has 164 valence electrons. The Kier molecular flexibility index (Phi) is 6.18. The van der Waals surface area contributed by atoms with Crippen LogP contribution in [0.3, 0.4) is 0 Å². The van der Waals surface area contributed by atoms with E-state index in [1.165, 1.54) is 0 Å². The summed E-state index contributed by atoms with van der Waals surface area (Å²) in [4.78, 5) is 20.8. The van der Waals surface area contributed by atoms with Crippen molar-refractivity contribution in [1.82, 2.24) is 9.97 Å². The highest BCUT2D eigenvalue weighted by Crippen LogP contribution is 2.35. The number of carbonyl (C=O) groups is 1. The second kappa shape index (κ2) is 9.37. The molecule has 7 nitrogen and oxygen atoms in total. The molecule has 2 heterocycles. The number of rotatable bonds is 7. The summed E-state index contributed by atoms with van der Waals surface area (Å²) in [5.74, 6) is -0.477. The Morgan fingerprint density at radius 1 is 1.12 bits per heavy atom. The molecule has 0 saturated carbocycles. The van der Waals surface area contributed by atoms with Crippen molar-refractivity contribution in [2.75, 3.05) is 17.7 Å². The lowest BCUT2D eigenvalue weighted by Crippen LogP contribution is -2.35. The van der Waals surface area contributed by atoms with Gasteiger partial charge in [-0.2, -0.15) is 5.26 Å². The van der Waals surface area contributed by atoms with Crippen molar-refractivity contribution in [3.63, 3.8) is 0 Å². The summed E-state index contributed by atoms with van der Waals surface area (Å²) in [6.45, 7) is 1.86. The molecule has 4 N–H and O–H groups in total. The van der Waals surface area contributed by atoms with Gasteiger partial charge >= 0.3 is 0 Å². The lowest BCUT2D eigenvalue weighted by atomic mass is 9.98. The highest BCUT2D eigenvalue weighted by molar-refractivity contribution is 5.99. The van der Waals surface area contributed by atoms with Crippen LogP contribution >= 0.6 is 0 Å². The van der Waals surface area contributed by atoms with Crippen molar-refractivity contribution in [3.05, 3.63) is 72.6 Å². The molecule has 33 heavy (non-hydrogen) atoms. The maximum Gasteiger partial charge on any atom is 0.239 e. The van der Waals surface area contributed by atoms with Crippen LogP contribution in [-0.2, 0) is 4.79 Å². The lowest BCUT2D eigenvalue weighted by molar-refractivity contribution is -0.118. The van der Waals surface area contributed by atoms with Crippen LogP contribution in [0.25, 0.3) is 33.3 Å². The number of nitrogens with two attached hydrogens (primary N) is 1. The van der Waals surface area contributed by atoms with Gasteiger partial charge in [0.1, 0.15) is 17.7 Å². The summed E-state index contributed by atoms with van der Waals surface area (Å²) in [5.41, 5.74) is 11.5. The number of hydrogen-bond donors (Lipinski definition) is 3. The van der Waals surface area contributed by atoms with E-state index in [9.17, 15) is 10.1 Å². The van der Waals surface area contributed by atoms with Crippen LogP contribution in [0.15, 0.2) is 67.0 Å². The molecule has 0 unspecified atom stereocenters. The Hall–Kier alpha value is -4.44. The monoisotopic (exact) mass is 436 g/mol. The fourth-order valence-corrected chi connectivity index (χ4v) is 3.89. The zero-order valence-electron chi connectivity index (χ0n) is 18.5. The normalized spacial score (nSPS) is 11.5. The molecule has 7 heteroatoms. The Bertz CT molecular complexity index is 1360. The third-order valence-corrected chi connectivity index (χ3v) is 5.64. The van der Waals surface area contributed by atoms with Gasteiger partial charge in [0.2, 0.25) is 5.91 Å². The molecule has 0 aliphatic rings. The first-order chi connectivity index (χ1) is 16.1. The standard InChI is InChI=1S/C26H24N6O/c1-3-21(26(28)33)31-25-19-12-13-30-15-23(19)32-24(20(25)14-27)17-10-8-16(9-11-17)18-6-4-5-7-22(18)29-2/h4-13,15,21,29H,3H2,1-2H3,(H2,28,33)(H,31,32)/t21-/m1/s1. The van der Waals surface area contributed by atoms with Gasteiger partial charge in [0, 0.05) is 35.4 Å². The number of amides is 1. The summed E-state index contributed by atoms with van der Waals surface area (Å²) in [5, 5.41) is 17.2. The van der Waals surface area contributed by atoms with E-state index < -0.39 is 11.9 Å². The molecule has 0 saturated heterocycles. The molecule has 0 fully saturated rings. The number of aromatic nitrogens is 2. The van der Waals surface area contributed by atoms with Crippen LogP contribution in [-0.4, -0.2) is 29.0 Å². The van der Waals surface area contributed by atoms with Gasteiger partial charge in [0.05, 0.1) is 23.1 Å². The van der Waals surface area contributed by atoms with Gasteiger partial charge in [0.25, 0.3) is 0 Å². The summed E-state index contributed by atoms with van der Waals surface area (Å²) >= 11 is 0. The van der Waals surface area contributed by atoms with Crippen molar-refractivity contribution in [2.45, 2.75) is 19.4 Å². The fraction of sp³-hybridized carbons (Fsp3) is 0.154. The van der Waals surface area contributed by atoms with E-state index in [-0.39, 0.29) is 0 Å². The van der Waals surface area contributed by atoms with Gasteiger partial charge < -0.3 is 16.4 Å². The largest absolute Gasteiger partial charge is 0.388 e. The minimum absolute atomic E-state index is 0.358. The molecule has 0 radical (unpaired) electrons. The number of para-hydroxylation sites is 1. The highest BCUT2D eigenvalue weighted by Gasteiger charge is 2.21. The van der Waals surface area contributed by atoms with Crippen LogP contribution in [0.5, 0.6) is 0 Å². The number of primary amides is 1. The smallest absolute Gasteiger partial charge is 0.239 e. The molecule has 0 spiro atoms. The lowest BCUT2D eigenvalue weighted by Gasteiger charge is -2.19. The molecule has 4 rings (SSSR count). The van der Waals surface area contributed by atoms with Crippen LogP contribution in [0.2, 0.25) is 0 Å². The van der Waals surface area contributed by atoms with Gasteiger partial charge in [-0.05, 0) is 24.1 Å². The van der Waals surface area contributed by atoms with Crippen molar-refractivity contribution in [1.29, 1.82) is 5.26 Å². The van der Waals surface area contributed by atoms with Gasteiger partial charge in [-0.25, -0.2) is 4.98 Å². The zero-order chi connectivity index (χ0) is 23.4. The molecule has 4 aromatic rings. The van der Waals surface area contributed by atoms with E-state index in [1.54, 1.807) is 18.5 Å². The van der Waals surface area contributed by atoms with E-state index in [0.29, 0.717) is 34.3 Å². The number of fused-ring (bicyclic) bond motifs is 1. The number of hydrogen-bond acceptors (Lipinski definition) is 6. The number of benzene rings is 2. The van der Waals surface area contributed by atoms with Crippen molar-refractivity contribution < 1.29 is 4.79 Å². The zero-order valence-corrected chi connectivity index (χ0v) is 18.5. The quantitative estimate of drug-likeness (QED) is 0.391. The maximum atomic E-state index is 11.9. The molecular formula is C26H24N6O. The van der Waals surface area contributed by atoms with Gasteiger partial charge in [-0.3, -0.25) is 9.78 Å². The molecule has 2 aromatic carbocycles. The van der Waals surface area contributed by atoms with Crippen molar-refractivity contribution >= 4 is 28.2 Å². The van der Waals surface area contributed by atoms with Gasteiger partial charge in [-0.1, -0.05) is 49.4 Å². The predicted octanol–water partition coefficient (Wildman–Crippen LogP) is 4.55. The Labute approximate surface area is 192 Å². The Morgan fingerprint density at radius 2 is 1.85 bits per heavy atom. The molecule has 1 atom stereocenters. The van der Waals surface area contributed by atoms with E-state index in [0.717, 1.165) is 22.4 Å². The molecule has 0 aliphatic heterocycles. The Balaban J connectivity index is 1.86. The van der Waals surface area contributed by atoms with E-state index in [2.05, 4.69) is 27.8 Å². The number of nitrogens with zero attached hydrogens (tertiary/aromatic N) is 3. The summed E-state index contributed by atoms with van der Waals surface area (Å²) < 4.78 is 0. The van der Waals surface area contributed by atoms with Gasteiger partial charge in [0.15, 0.2) is 0 Å². The average Bonchev–Trinajstić information content (AvgIpc) is 2.86. The third kappa shape index (κ3) is 4.19. The average molecular weight is 437 g/mol. The third-order valence-electron chi connectivity index (χ3n) is 5.64. The molecule has 0 aliphatic carbocycles. The Morgan fingerprint density at radius 3 is 2.52 bits per heavy atom. The van der Waals surface area contributed by atoms with Crippen LogP contribution in [0.4, 0.5) is 11.4 Å². The van der Waals surface area contributed by atoms with Crippen molar-refractivity contribution in [3.8, 4) is 28.5 Å². The summed E-state index contributed by atoms with van der Waals surface area (Å²) in [6, 6.07) is 19.4. The minimum Gasteiger partial charge on any atom is -0.388 e. The van der Waals surface area contributed by atoms with Crippen molar-refractivity contribution in [2.24, 2.45) is 5.73 Å². The van der Waals surface area contributed by atoms with E-state index in [4.69, 9.17) is 10.7 Å². The first-order valence-corrected chi connectivity index (χ1v) is 10.7. The van der Waals surface area contributed by atoms with Gasteiger partial charge in [-0.15, -0.1) is 0 Å². The minimum atomic E-state index is -0.607. The maximum absolute atomic E-state index is 11.9. The number of nitriles is 1. The topological polar surface area (TPSA) is 117 Å².